The van der Waals surface area contributed by atoms with Gasteiger partial charge in [0.1, 0.15) is 6.04 Å². The number of methoxy groups -OCH3 is 1. The van der Waals surface area contributed by atoms with Crippen molar-refractivity contribution in [3.8, 4) is 0 Å². The number of carbonyl (C=O) groups excluding carboxylic acids is 1. The van der Waals surface area contributed by atoms with Gasteiger partial charge in [-0.3, -0.25) is 0 Å². The summed E-state index contributed by atoms with van der Waals surface area (Å²) in [6, 6.07) is 6.04. The molecular weight excluding hydrogens is 250 g/mol. The zero-order valence-electron chi connectivity index (χ0n) is 13.2. The fourth-order valence-corrected chi connectivity index (χ4v) is 3.15. The van der Waals surface area contributed by atoms with E-state index in [-0.39, 0.29) is 17.6 Å². The Morgan fingerprint density at radius 1 is 1.30 bits per heavy atom. The van der Waals surface area contributed by atoms with Crippen molar-refractivity contribution >= 4 is 17.2 Å². The first-order valence-corrected chi connectivity index (χ1v) is 6.95. The van der Waals surface area contributed by atoms with E-state index in [4.69, 9.17) is 4.74 Å². The molecule has 0 radical (unpaired) electrons. The van der Waals surface area contributed by atoms with Gasteiger partial charge in [-0.25, -0.2) is 4.79 Å². The number of benzene rings is 1. The molecule has 0 amide bonds. The summed E-state index contributed by atoms with van der Waals surface area (Å²) in [6.45, 7) is 10.4. The second-order valence-electron chi connectivity index (χ2n) is 6.07. The van der Waals surface area contributed by atoms with Crippen LogP contribution >= 0.6 is 0 Å². The quantitative estimate of drug-likeness (QED) is 0.772. The highest BCUT2D eigenvalue weighted by atomic mass is 16.5. The second-order valence-corrected chi connectivity index (χ2v) is 6.07. The van der Waals surface area contributed by atoms with Crippen molar-refractivity contribution in [2.75, 3.05) is 12.0 Å². The molecule has 3 nitrogen and oxygen atoms in total. The molecule has 1 aromatic rings. The van der Waals surface area contributed by atoms with E-state index in [9.17, 15) is 4.79 Å². The van der Waals surface area contributed by atoms with E-state index < -0.39 is 0 Å². The molecule has 0 fully saturated rings. The van der Waals surface area contributed by atoms with E-state index in [1.54, 1.807) is 0 Å². The summed E-state index contributed by atoms with van der Waals surface area (Å²) in [5.74, 6) is -0.211. The van der Waals surface area contributed by atoms with Crippen molar-refractivity contribution in [1.29, 1.82) is 0 Å². The zero-order valence-corrected chi connectivity index (χ0v) is 13.2. The van der Waals surface area contributed by atoms with Gasteiger partial charge in [0.05, 0.1) is 12.6 Å². The van der Waals surface area contributed by atoms with Gasteiger partial charge >= 0.3 is 5.97 Å². The molecule has 20 heavy (non-hydrogen) atoms. The molecule has 0 aliphatic carbocycles. The van der Waals surface area contributed by atoms with Gasteiger partial charge in [0.25, 0.3) is 0 Å². The van der Waals surface area contributed by atoms with Crippen molar-refractivity contribution in [2.24, 2.45) is 0 Å². The van der Waals surface area contributed by atoms with Crippen LogP contribution in [0.3, 0.4) is 0 Å². The van der Waals surface area contributed by atoms with Crippen molar-refractivity contribution < 1.29 is 9.53 Å². The lowest BCUT2D eigenvalue weighted by Crippen LogP contribution is -2.53. The van der Waals surface area contributed by atoms with Gasteiger partial charge in [0.15, 0.2) is 0 Å². The molecule has 1 aliphatic rings. The number of allylic oxidation sites excluding steroid dienone is 1. The Morgan fingerprint density at radius 3 is 2.55 bits per heavy atom. The maximum absolute atomic E-state index is 12.0. The Labute approximate surface area is 121 Å². The number of hydrogen-bond donors (Lipinski definition) is 0. The average molecular weight is 273 g/mol. The van der Waals surface area contributed by atoms with Crippen LogP contribution in [0.4, 0.5) is 5.69 Å². The minimum Gasteiger partial charge on any atom is -0.467 e. The maximum Gasteiger partial charge on any atom is 0.328 e. The molecule has 0 N–H and O–H groups in total. The summed E-state index contributed by atoms with van der Waals surface area (Å²) in [5, 5.41) is 0. The van der Waals surface area contributed by atoms with Gasteiger partial charge in [0, 0.05) is 11.3 Å². The monoisotopic (exact) mass is 273 g/mol. The van der Waals surface area contributed by atoms with E-state index in [1.165, 1.54) is 23.8 Å². The molecular formula is C17H23NO2. The van der Waals surface area contributed by atoms with Crippen LogP contribution in [0.2, 0.25) is 0 Å². The number of aryl methyl sites for hydroxylation is 1. The maximum atomic E-state index is 12.0. The zero-order chi connectivity index (χ0) is 15.1. The SMILES string of the molecule is COC(=O)[C@H](C)N1c2ccc(C)cc2C(C)=CC1(C)C. The second kappa shape index (κ2) is 4.97. The van der Waals surface area contributed by atoms with Gasteiger partial charge in [-0.1, -0.05) is 17.7 Å². The third-order valence-electron chi connectivity index (χ3n) is 3.96. The van der Waals surface area contributed by atoms with Gasteiger partial charge in [-0.2, -0.15) is 0 Å². The molecule has 0 spiro atoms. The highest BCUT2D eigenvalue weighted by Gasteiger charge is 2.37. The Morgan fingerprint density at radius 2 is 1.95 bits per heavy atom. The predicted octanol–water partition coefficient (Wildman–Crippen LogP) is 3.56. The van der Waals surface area contributed by atoms with Gasteiger partial charge in [0.2, 0.25) is 0 Å². The molecule has 0 bridgehead atoms. The van der Waals surface area contributed by atoms with Crippen LogP contribution in [0.25, 0.3) is 5.57 Å². The van der Waals surface area contributed by atoms with Crippen LogP contribution in [-0.2, 0) is 9.53 Å². The van der Waals surface area contributed by atoms with Crippen LogP contribution in [0.5, 0.6) is 0 Å². The number of fused-ring (bicyclic) bond motifs is 1. The van der Waals surface area contributed by atoms with Gasteiger partial charge in [-0.05, 0) is 52.3 Å². The van der Waals surface area contributed by atoms with Crippen molar-refractivity contribution in [3.63, 3.8) is 0 Å². The third kappa shape index (κ3) is 2.33. The Hall–Kier alpha value is -1.77. The van der Waals surface area contributed by atoms with Crippen LogP contribution in [-0.4, -0.2) is 24.7 Å². The smallest absolute Gasteiger partial charge is 0.328 e. The van der Waals surface area contributed by atoms with Crippen LogP contribution in [0.15, 0.2) is 24.3 Å². The van der Waals surface area contributed by atoms with E-state index >= 15 is 0 Å². The highest BCUT2D eigenvalue weighted by molar-refractivity contribution is 5.87. The number of nitrogens with zero attached hydrogens (tertiary/aromatic N) is 1. The molecule has 2 rings (SSSR count). The summed E-state index contributed by atoms with van der Waals surface area (Å²) in [4.78, 5) is 14.1. The van der Waals surface area contributed by atoms with Crippen LogP contribution < -0.4 is 4.90 Å². The van der Waals surface area contributed by atoms with E-state index in [0.29, 0.717) is 0 Å². The first-order valence-electron chi connectivity index (χ1n) is 6.95. The number of carbonyl (C=O) groups is 1. The summed E-state index contributed by atoms with van der Waals surface area (Å²) in [6.07, 6.45) is 2.22. The first-order chi connectivity index (χ1) is 9.27. The molecule has 0 saturated heterocycles. The van der Waals surface area contributed by atoms with Gasteiger partial charge in [-0.15, -0.1) is 0 Å². The summed E-state index contributed by atoms with van der Waals surface area (Å²) >= 11 is 0. The standard InChI is InChI=1S/C17H23NO2/c1-11-7-8-15-14(9-11)12(2)10-17(4,5)18(15)13(3)16(19)20-6/h7-10,13H,1-6H3/t13-/m0/s1. The third-order valence-corrected chi connectivity index (χ3v) is 3.96. The molecule has 0 unspecified atom stereocenters. The summed E-state index contributed by atoms with van der Waals surface area (Å²) in [7, 11) is 1.44. The molecule has 0 saturated carbocycles. The van der Waals surface area contributed by atoms with Crippen LogP contribution in [0, 0.1) is 6.92 Å². The minimum absolute atomic E-state index is 0.211. The molecule has 1 atom stereocenters. The van der Waals surface area contributed by atoms with Crippen LogP contribution in [0.1, 0.15) is 38.8 Å². The average Bonchev–Trinajstić information content (AvgIpc) is 2.37. The molecule has 1 aromatic carbocycles. The van der Waals surface area contributed by atoms with E-state index in [2.05, 4.69) is 56.9 Å². The fraction of sp³-hybridized carbons (Fsp3) is 0.471. The molecule has 108 valence electrons. The van der Waals surface area contributed by atoms with Crippen molar-refractivity contribution in [3.05, 3.63) is 35.4 Å². The van der Waals surface area contributed by atoms with Crippen molar-refractivity contribution in [1.82, 2.24) is 0 Å². The van der Waals surface area contributed by atoms with Gasteiger partial charge < -0.3 is 9.64 Å². The lowest BCUT2D eigenvalue weighted by molar-refractivity contribution is -0.142. The lowest BCUT2D eigenvalue weighted by Gasteiger charge is -2.45. The number of rotatable bonds is 2. The predicted molar refractivity (Wildman–Crippen MR) is 82.9 cm³/mol. The van der Waals surface area contributed by atoms with E-state index in [1.807, 2.05) is 6.92 Å². The topological polar surface area (TPSA) is 29.5 Å². The number of anilines is 1. The number of ether oxygens (including phenoxy) is 1. The molecule has 0 aromatic heterocycles. The minimum atomic E-state index is -0.319. The summed E-state index contributed by atoms with van der Waals surface area (Å²) < 4.78 is 4.92. The largest absolute Gasteiger partial charge is 0.467 e. The lowest BCUT2D eigenvalue weighted by atomic mass is 9.87. The Kier molecular flexibility index (Phi) is 3.63. The number of hydrogen-bond acceptors (Lipinski definition) is 3. The van der Waals surface area contributed by atoms with E-state index in [0.717, 1.165) is 5.69 Å². The van der Waals surface area contributed by atoms with Crippen molar-refractivity contribution in [2.45, 2.75) is 46.2 Å². The summed E-state index contributed by atoms with van der Waals surface area (Å²) in [5.41, 5.74) is 4.54. The highest BCUT2D eigenvalue weighted by Crippen LogP contribution is 2.40. The Balaban J connectivity index is 2.59. The fourth-order valence-electron chi connectivity index (χ4n) is 3.15. The molecule has 3 heteroatoms. The molecule has 1 heterocycles. The normalized spacial score (nSPS) is 18.1. The molecule has 1 aliphatic heterocycles. The number of esters is 1. The Bertz CT molecular complexity index is 572. The first kappa shape index (κ1) is 14.6.